The van der Waals surface area contributed by atoms with E-state index in [0.29, 0.717) is 0 Å². The number of rotatable bonds is 0. The van der Waals surface area contributed by atoms with Gasteiger partial charge in [-0.3, -0.25) is 4.99 Å². The third kappa shape index (κ3) is 1.18. The summed E-state index contributed by atoms with van der Waals surface area (Å²) in [6.45, 7) is 0. The van der Waals surface area contributed by atoms with Crippen LogP contribution in [0.4, 0.5) is 5.69 Å². The van der Waals surface area contributed by atoms with Gasteiger partial charge in [0.15, 0.2) is 0 Å². The SMILES string of the molecule is C1=Nc2ccccc2-n2ccc3c2C1=CCC3. The molecule has 2 aliphatic rings. The Morgan fingerprint density at radius 3 is 3.06 bits per heavy atom. The number of allylic oxidation sites excluding steroid dienone is 2. The molecule has 0 radical (unpaired) electrons. The van der Waals surface area contributed by atoms with Gasteiger partial charge in [-0.1, -0.05) is 18.2 Å². The van der Waals surface area contributed by atoms with Gasteiger partial charge in [0.1, 0.15) is 0 Å². The first-order chi connectivity index (χ1) is 8.43. The summed E-state index contributed by atoms with van der Waals surface area (Å²) in [7, 11) is 0. The molecule has 1 aliphatic carbocycles. The summed E-state index contributed by atoms with van der Waals surface area (Å²) in [5.74, 6) is 0. The van der Waals surface area contributed by atoms with Crippen molar-refractivity contribution >= 4 is 17.5 Å². The van der Waals surface area contributed by atoms with E-state index in [-0.39, 0.29) is 0 Å². The smallest absolute Gasteiger partial charge is 0.0870 e. The summed E-state index contributed by atoms with van der Waals surface area (Å²) >= 11 is 0. The van der Waals surface area contributed by atoms with Crippen LogP contribution in [0.15, 0.2) is 47.6 Å². The second-order valence-electron chi connectivity index (χ2n) is 4.50. The molecule has 2 heterocycles. The average Bonchev–Trinajstić information content (AvgIpc) is 2.73. The number of aromatic nitrogens is 1. The number of aliphatic imine (C=N–C) groups is 1. The molecule has 2 heteroatoms. The Balaban J connectivity index is 2.11. The molecular formula is C15H12N2. The molecule has 17 heavy (non-hydrogen) atoms. The summed E-state index contributed by atoms with van der Waals surface area (Å²) < 4.78 is 2.27. The minimum Gasteiger partial charge on any atom is -0.314 e. The largest absolute Gasteiger partial charge is 0.314 e. The second-order valence-corrected chi connectivity index (χ2v) is 4.50. The zero-order chi connectivity index (χ0) is 11.2. The highest BCUT2D eigenvalue weighted by atomic mass is 15.0. The Morgan fingerprint density at radius 2 is 2.06 bits per heavy atom. The molecule has 0 fully saturated rings. The maximum Gasteiger partial charge on any atom is 0.0870 e. The molecule has 0 saturated heterocycles. The monoisotopic (exact) mass is 220 g/mol. The summed E-state index contributed by atoms with van der Waals surface area (Å²) in [5.41, 5.74) is 6.24. The van der Waals surface area contributed by atoms with Gasteiger partial charge in [0.25, 0.3) is 0 Å². The lowest BCUT2D eigenvalue weighted by Crippen LogP contribution is -2.03. The highest BCUT2D eigenvalue weighted by Gasteiger charge is 2.20. The predicted molar refractivity (Wildman–Crippen MR) is 70.2 cm³/mol. The first-order valence-electron chi connectivity index (χ1n) is 5.98. The molecule has 4 rings (SSSR count). The van der Waals surface area contributed by atoms with E-state index in [4.69, 9.17) is 0 Å². The standard InChI is InChI=1S/C15H12N2/c1-2-7-14-13(6-1)16-10-12-5-3-4-11-8-9-17(14)15(11)12/h1-2,5-10H,3-4H2. The summed E-state index contributed by atoms with van der Waals surface area (Å²) in [5, 5.41) is 0. The summed E-state index contributed by atoms with van der Waals surface area (Å²) in [4.78, 5) is 4.59. The van der Waals surface area contributed by atoms with Crippen LogP contribution in [-0.4, -0.2) is 10.8 Å². The number of aryl methyl sites for hydroxylation is 1. The van der Waals surface area contributed by atoms with Crippen molar-refractivity contribution in [2.45, 2.75) is 12.8 Å². The molecule has 0 amide bonds. The van der Waals surface area contributed by atoms with Gasteiger partial charge in [0, 0.05) is 18.0 Å². The van der Waals surface area contributed by atoms with Crippen LogP contribution in [0.2, 0.25) is 0 Å². The average molecular weight is 220 g/mol. The van der Waals surface area contributed by atoms with Gasteiger partial charge >= 0.3 is 0 Å². The first-order valence-corrected chi connectivity index (χ1v) is 5.98. The molecule has 0 bridgehead atoms. The van der Waals surface area contributed by atoms with Crippen molar-refractivity contribution in [1.29, 1.82) is 0 Å². The minimum atomic E-state index is 1.04. The van der Waals surface area contributed by atoms with Crippen LogP contribution in [0.3, 0.4) is 0 Å². The highest BCUT2D eigenvalue weighted by Crippen LogP contribution is 2.35. The van der Waals surface area contributed by atoms with Crippen molar-refractivity contribution in [2.75, 3.05) is 0 Å². The predicted octanol–water partition coefficient (Wildman–Crippen LogP) is 3.52. The second kappa shape index (κ2) is 3.20. The quantitative estimate of drug-likeness (QED) is 0.646. The highest BCUT2D eigenvalue weighted by molar-refractivity contribution is 6.12. The van der Waals surface area contributed by atoms with E-state index >= 15 is 0 Å². The Bertz CT molecular complexity index is 659. The van der Waals surface area contributed by atoms with Crippen LogP contribution in [-0.2, 0) is 6.42 Å². The molecular weight excluding hydrogens is 208 g/mol. The number of hydrogen-bond donors (Lipinski definition) is 0. The number of para-hydroxylation sites is 2. The first kappa shape index (κ1) is 8.99. The normalized spacial score (nSPS) is 15.9. The zero-order valence-electron chi connectivity index (χ0n) is 9.43. The summed E-state index contributed by atoms with van der Waals surface area (Å²) in [6, 6.07) is 10.5. The van der Waals surface area contributed by atoms with Gasteiger partial charge in [-0.15, -0.1) is 0 Å². The van der Waals surface area contributed by atoms with Gasteiger partial charge in [0.05, 0.1) is 17.1 Å². The third-order valence-corrected chi connectivity index (χ3v) is 3.51. The van der Waals surface area contributed by atoms with Crippen LogP contribution >= 0.6 is 0 Å². The van der Waals surface area contributed by atoms with Gasteiger partial charge in [-0.2, -0.15) is 0 Å². The lowest BCUT2D eigenvalue weighted by atomic mass is 9.98. The topological polar surface area (TPSA) is 17.3 Å². The fraction of sp³-hybridized carbons (Fsp3) is 0.133. The van der Waals surface area contributed by atoms with Crippen molar-refractivity contribution in [1.82, 2.24) is 4.57 Å². The van der Waals surface area contributed by atoms with E-state index in [1.807, 2.05) is 12.3 Å². The molecule has 1 aliphatic heterocycles. The lowest BCUT2D eigenvalue weighted by molar-refractivity contribution is 0.955. The number of fused-ring (bicyclic) bond motifs is 2. The molecule has 1 aromatic heterocycles. The Hall–Kier alpha value is -2.09. The van der Waals surface area contributed by atoms with Crippen LogP contribution in [0.5, 0.6) is 0 Å². The van der Waals surface area contributed by atoms with Gasteiger partial charge < -0.3 is 4.57 Å². The van der Waals surface area contributed by atoms with Crippen LogP contribution < -0.4 is 0 Å². The fourth-order valence-electron chi connectivity index (χ4n) is 2.71. The van der Waals surface area contributed by atoms with E-state index in [1.165, 1.54) is 22.5 Å². The molecule has 2 nitrogen and oxygen atoms in total. The molecule has 2 aromatic rings. The molecule has 1 aromatic carbocycles. The number of nitrogens with zero attached hydrogens (tertiary/aromatic N) is 2. The van der Waals surface area contributed by atoms with Crippen molar-refractivity contribution in [3.63, 3.8) is 0 Å². The van der Waals surface area contributed by atoms with E-state index in [1.54, 1.807) is 0 Å². The number of hydrogen-bond acceptors (Lipinski definition) is 1. The lowest BCUT2D eigenvalue weighted by Gasteiger charge is -2.14. The molecule has 0 spiro atoms. The Morgan fingerprint density at radius 1 is 1.12 bits per heavy atom. The summed E-state index contributed by atoms with van der Waals surface area (Å²) in [6.07, 6.45) is 8.71. The molecule has 0 atom stereocenters. The maximum absolute atomic E-state index is 4.59. The Kier molecular flexibility index (Phi) is 1.69. The van der Waals surface area contributed by atoms with Crippen LogP contribution in [0.1, 0.15) is 17.7 Å². The molecule has 0 saturated carbocycles. The van der Waals surface area contributed by atoms with E-state index in [0.717, 1.165) is 18.5 Å². The fourth-order valence-corrected chi connectivity index (χ4v) is 2.71. The van der Waals surface area contributed by atoms with Crippen molar-refractivity contribution in [3.8, 4) is 5.69 Å². The number of benzene rings is 1. The van der Waals surface area contributed by atoms with E-state index in [2.05, 4.69) is 46.1 Å². The molecule has 0 N–H and O–H groups in total. The minimum absolute atomic E-state index is 1.04. The van der Waals surface area contributed by atoms with Gasteiger partial charge in [-0.25, -0.2) is 0 Å². The molecule has 82 valence electrons. The zero-order valence-corrected chi connectivity index (χ0v) is 9.43. The van der Waals surface area contributed by atoms with Crippen molar-refractivity contribution in [2.24, 2.45) is 4.99 Å². The van der Waals surface area contributed by atoms with Crippen LogP contribution in [0, 0.1) is 0 Å². The van der Waals surface area contributed by atoms with Gasteiger partial charge in [0.2, 0.25) is 0 Å². The van der Waals surface area contributed by atoms with Gasteiger partial charge in [-0.05, 0) is 36.6 Å². The molecule has 0 unspecified atom stereocenters. The maximum atomic E-state index is 4.59. The van der Waals surface area contributed by atoms with E-state index < -0.39 is 0 Å². The van der Waals surface area contributed by atoms with Crippen molar-refractivity contribution in [3.05, 3.63) is 53.9 Å². The Labute approximate surface area is 99.9 Å². The van der Waals surface area contributed by atoms with Crippen LogP contribution in [0.25, 0.3) is 11.3 Å². The third-order valence-electron chi connectivity index (χ3n) is 3.51. The van der Waals surface area contributed by atoms with E-state index in [9.17, 15) is 0 Å². The van der Waals surface area contributed by atoms with Crippen molar-refractivity contribution < 1.29 is 0 Å².